The average Bonchev–Trinajstić information content (AvgIpc) is 3.14. The predicted octanol–water partition coefficient (Wildman–Crippen LogP) is 1.15. The Kier molecular flexibility index (Phi) is 6.46. The van der Waals surface area contributed by atoms with Crippen molar-refractivity contribution in [1.82, 2.24) is 15.8 Å². The fourth-order valence-corrected chi connectivity index (χ4v) is 3.41. The monoisotopic (exact) mass is 418 g/mol. The number of methoxy groups -OCH3 is 1. The van der Waals surface area contributed by atoms with Gasteiger partial charge in [-0.15, -0.1) is 0 Å². The van der Waals surface area contributed by atoms with Crippen molar-refractivity contribution in [1.29, 1.82) is 0 Å². The Balaban J connectivity index is 1.87. The number of ether oxygens (including phenoxy) is 3. The molecule has 1 aromatic carbocycles. The third-order valence-electron chi connectivity index (χ3n) is 4.69. The number of rotatable bonds is 7. The molecule has 1 aromatic rings. The summed E-state index contributed by atoms with van der Waals surface area (Å²) in [6, 6.07) is 1.88. The molecule has 2 heterocycles. The second-order valence-corrected chi connectivity index (χ2v) is 6.84. The van der Waals surface area contributed by atoms with Crippen molar-refractivity contribution in [2.45, 2.75) is 39.3 Å². The lowest BCUT2D eigenvalue weighted by molar-refractivity contribution is -0.125. The second kappa shape index (κ2) is 9.04. The number of esters is 1. The average molecular weight is 418 g/mol. The van der Waals surface area contributed by atoms with Crippen LogP contribution in [0.25, 0.3) is 0 Å². The molecule has 0 bridgehead atoms. The molecule has 2 aliphatic rings. The molecule has 0 aliphatic carbocycles. The third kappa shape index (κ3) is 4.33. The summed E-state index contributed by atoms with van der Waals surface area (Å²) in [6.07, 6.45) is 2.04. The number of anilines is 1. The molecule has 30 heavy (non-hydrogen) atoms. The first-order valence-electron chi connectivity index (χ1n) is 9.74. The van der Waals surface area contributed by atoms with Gasteiger partial charge in [-0.3, -0.25) is 9.59 Å². The van der Waals surface area contributed by atoms with E-state index in [1.807, 2.05) is 0 Å². The lowest BCUT2D eigenvalue weighted by atomic mass is 10.1. The van der Waals surface area contributed by atoms with Crippen LogP contribution in [0.4, 0.5) is 5.69 Å². The van der Waals surface area contributed by atoms with Gasteiger partial charge in [-0.25, -0.2) is 10.2 Å². The van der Waals surface area contributed by atoms with Crippen LogP contribution in [0.1, 0.15) is 37.6 Å². The first-order chi connectivity index (χ1) is 14.4. The van der Waals surface area contributed by atoms with Crippen LogP contribution in [0.15, 0.2) is 24.0 Å². The van der Waals surface area contributed by atoms with E-state index in [1.54, 1.807) is 32.0 Å². The summed E-state index contributed by atoms with van der Waals surface area (Å²) >= 11 is 0. The summed E-state index contributed by atoms with van der Waals surface area (Å²) < 4.78 is 16.1. The van der Waals surface area contributed by atoms with Gasteiger partial charge >= 0.3 is 5.97 Å². The highest BCUT2D eigenvalue weighted by atomic mass is 16.5. The number of hydrogen-bond donors (Lipinski definition) is 3. The molecule has 0 saturated carbocycles. The minimum Gasteiger partial charge on any atom is -0.490 e. The number of fused-ring (bicyclic) bond motifs is 1. The summed E-state index contributed by atoms with van der Waals surface area (Å²) in [5, 5.41) is 7.19. The van der Waals surface area contributed by atoms with Crippen LogP contribution in [0.2, 0.25) is 0 Å². The number of benzene rings is 1. The Bertz CT molecular complexity index is 884. The van der Waals surface area contributed by atoms with Crippen molar-refractivity contribution in [3.05, 3.63) is 29.6 Å². The number of allylic oxidation sites excluding steroid dienone is 1. The molecular weight excluding hydrogens is 392 g/mol. The molecule has 3 N–H and O–H groups in total. The highest BCUT2D eigenvalue weighted by molar-refractivity contribution is 6.00. The van der Waals surface area contributed by atoms with Gasteiger partial charge in [-0.05, 0) is 32.9 Å². The molecule has 2 aliphatic heterocycles. The van der Waals surface area contributed by atoms with Gasteiger partial charge < -0.3 is 29.9 Å². The Morgan fingerprint density at radius 2 is 1.97 bits per heavy atom. The van der Waals surface area contributed by atoms with Crippen molar-refractivity contribution in [3.8, 4) is 11.5 Å². The molecule has 1 saturated heterocycles. The highest BCUT2D eigenvalue weighted by Crippen LogP contribution is 2.38. The van der Waals surface area contributed by atoms with Gasteiger partial charge in [0.2, 0.25) is 11.8 Å². The van der Waals surface area contributed by atoms with Crippen molar-refractivity contribution in [2.75, 3.05) is 25.6 Å². The lowest BCUT2D eigenvalue weighted by Crippen LogP contribution is -2.48. The van der Waals surface area contributed by atoms with Gasteiger partial charge in [-0.2, -0.15) is 0 Å². The zero-order valence-corrected chi connectivity index (χ0v) is 17.4. The van der Waals surface area contributed by atoms with Gasteiger partial charge in [-0.1, -0.05) is 0 Å². The molecular formula is C20H26N4O6. The van der Waals surface area contributed by atoms with Crippen molar-refractivity contribution >= 4 is 23.5 Å². The smallest absolute Gasteiger partial charge is 0.338 e. The molecule has 162 valence electrons. The van der Waals surface area contributed by atoms with Crippen LogP contribution in [-0.4, -0.2) is 55.2 Å². The van der Waals surface area contributed by atoms with E-state index in [4.69, 9.17) is 14.2 Å². The van der Waals surface area contributed by atoms with E-state index >= 15 is 0 Å². The van der Waals surface area contributed by atoms with E-state index in [1.165, 1.54) is 19.2 Å². The van der Waals surface area contributed by atoms with Crippen LogP contribution in [0.5, 0.6) is 11.5 Å². The van der Waals surface area contributed by atoms with Gasteiger partial charge in [0, 0.05) is 18.3 Å². The SMILES string of the molecule is CCOc1cc(C(=O)OC)cc(NC(=O)C2CC3C(=O)NC(C)=CN3N2)c1OCC. The number of nitrogens with one attached hydrogen (secondary N) is 3. The minimum absolute atomic E-state index is 0.167. The quantitative estimate of drug-likeness (QED) is 0.565. The van der Waals surface area contributed by atoms with Crippen LogP contribution in [-0.2, 0) is 14.3 Å². The van der Waals surface area contributed by atoms with Crippen LogP contribution in [0.3, 0.4) is 0 Å². The molecule has 3 rings (SSSR count). The molecule has 0 spiro atoms. The summed E-state index contributed by atoms with van der Waals surface area (Å²) in [5.41, 5.74) is 4.23. The van der Waals surface area contributed by atoms with Gasteiger partial charge in [0.05, 0.1) is 31.6 Å². The summed E-state index contributed by atoms with van der Waals surface area (Å²) in [7, 11) is 1.27. The summed E-state index contributed by atoms with van der Waals surface area (Å²) in [4.78, 5) is 37.2. The summed E-state index contributed by atoms with van der Waals surface area (Å²) in [6.45, 7) is 6.06. The molecule has 10 nitrogen and oxygen atoms in total. The Morgan fingerprint density at radius 3 is 2.63 bits per heavy atom. The molecule has 10 heteroatoms. The predicted molar refractivity (Wildman–Crippen MR) is 108 cm³/mol. The zero-order chi connectivity index (χ0) is 21.8. The van der Waals surface area contributed by atoms with E-state index in [-0.39, 0.29) is 23.1 Å². The molecule has 2 unspecified atom stereocenters. The Labute approximate surface area is 174 Å². The van der Waals surface area contributed by atoms with Gasteiger partial charge in [0.25, 0.3) is 0 Å². The maximum atomic E-state index is 13.0. The molecule has 0 radical (unpaired) electrons. The maximum absolute atomic E-state index is 13.0. The maximum Gasteiger partial charge on any atom is 0.338 e. The number of carbonyl (C=O) groups excluding carboxylic acids is 3. The lowest BCUT2D eigenvalue weighted by Gasteiger charge is -2.27. The first kappa shape index (κ1) is 21.4. The number of hydrazine groups is 1. The standard InChI is InChI=1S/C20H26N4O6/c1-5-29-16-8-12(20(27)28-4)7-13(17(16)30-6-2)22-18(25)14-9-15-19(26)21-11(3)10-24(15)23-14/h7-8,10,14-15,23H,5-6,9H2,1-4H3,(H,21,26)(H,22,25). The Morgan fingerprint density at radius 1 is 1.23 bits per heavy atom. The fraction of sp³-hybridized carbons (Fsp3) is 0.450. The number of hydrogen-bond acceptors (Lipinski definition) is 8. The van der Waals surface area contributed by atoms with Crippen LogP contribution < -0.4 is 25.5 Å². The molecule has 1 fully saturated rings. The van der Waals surface area contributed by atoms with Crippen LogP contribution in [0, 0.1) is 0 Å². The molecule has 2 amide bonds. The minimum atomic E-state index is -0.644. The van der Waals surface area contributed by atoms with Gasteiger partial charge in [0.15, 0.2) is 11.5 Å². The van der Waals surface area contributed by atoms with Crippen molar-refractivity contribution in [2.24, 2.45) is 0 Å². The third-order valence-corrected chi connectivity index (χ3v) is 4.69. The number of carbonyl (C=O) groups is 3. The number of amides is 2. The summed E-state index contributed by atoms with van der Waals surface area (Å²) in [5.74, 6) is -0.451. The van der Waals surface area contributed by atoms with Crippen molar-refractivity contribution in [3.63, 3.8) is 0 Å². The number of nitrogens with zero attached hydrogens (tertiary/aromatic N) is 1. The zero-order valence-electron chi connectivity index (χ0n) is 17.4. The molecule has 0 aromatic heterocycles. The van der Waals surface area contributed by atoms with E-state index in [9.17, 15) is 14.4 Å². The normalized spacial score (nSPS) is 20.1. The highest BCUT2D eigenvalue weighted by Gasteiger charge is 2.40. The molecule has 2 atom stereocenters. The fourth-order valence-electron chi connectivity index (χ4n) is 3.41. The topological polar surface area (TPSA) is 118 Å². The van der Waals surface area contributed by atoms with E-state index < -0.39 is 18.1 Å². The van der Waals surface area contributed by atoms with Crippen LogP contribution >= 0.6 is 0 Å². The van der Waals surface area contributed by atoms with Crippen molar-refractivity contribution < 1.29 is 28.6 Å². The van der Waals surface area contributed by atoms with E-state index in [0.29, 0.717) is 36.8 Å². The Hall–Kier alpha value is -3.27. The largest absolute Gasteiger partial charge is 0.490 e. The second-order valence-electron chi connectivity index (χ2n) is 6.84. The van der Waals surface area contributed by atoms with Gasteiger partial charge in [0.1, 0.15) is 12.1 Å². The first-order valence-corrected chi connectivity index (χ1v) is 9.74. The van der Waals surface area contributed by atoms with E-state index in [0.717, 1.165) is 0 Å². The van der Waals surface area contributed by atoms with E-state index in [2.05, 4.69) is 16.1 Å².